The molecule has 1 aliphatic carbocycles. The fraction of sp³-hybridized carbons (Fsp3) is 0.833. The summed E-state index contributed by atoms with van der Waals surface area (Å²) in [6, 6.07) is 0. The van der Waals surface area contributed by atoms with Crippen molar-refractivity contribution in [1.82, 2.24) is 5.32 Å². The second-order valence-electron chi connectivity index (χ2n) is 4.91. The first-order valence-corrected chi connectivity index (χ1v) is 6.04. The van der Waals surface area contributed by atoms with Gasteiger partial charge in [0.15, 0.2) is 0 Å². The molecule has 0 aromatic carbocycles. The number of amides is 2. The van der Waals surface area contributed by atoms with Crippen molar-refractivity contribution in [2.75, 3.05) is 0 Å². The van der Waals surface area contributed by atoms with E-state index < -0.39 is 0 Å². The van der Waals surface area contributed by atoms with Crippen LogP contribution in [0.5, 0.6) is 0 Å². The molecule has 1 unspecified atom stereocenters. The fourth-order valence-electron chi connectivity index (χ4n) is 2.95. The molecule has 15 heavy (non-hydrogen) atoms. The number of hydrogen-bond acceptors (Lipinski definition) is 2. The summed E-state index contributed by atoms with van der Waals surface area (Å²) in [7, 11) is 0. The summed E-state index contributed by atoms with van der Waals surface area (Å²) < 4.78 is 0. The Hall–Kier alpha value is -0.860. The van der Waals surface area contributed by atoms with E-state index in [0.717, 1.165) is 18.8 Å². The minimum atomic E-state index is -0.0809. The van der Waals surface area contributed by atoms with Gasteiger partial charge in [-0.2, -0.15) is 0 Å². The van der Waals surface area contributed by atoms with Crippen LogP contribution >= 0.6 is 0 Å². The van der Waals surface area contributed by atoms with E-state index in [2.05, 4.69) is 12.2 Å². The summed E-state index contributed by atoms with van der Waals surface area (Å²) in [5.74, 6) is 1.18. The highest BCUT2D eigenvalue weighted by atomic mass is 16.2. The van der Waals surface area contributed by atoms with E-state index in [-0.39, 0.29) is 17.7 Å². The number of rotatable bonds is 2. The van der Waals surface area contributed by atoms with Crippen LogP contribution in [0.3, 0.4) is 0 Å². The van der Waals surface area contributed by atoms with Crippen molar-refractivity contribution in [3.05, 3.63) is 0 Å². The van der Waals surface area contributed by atoms with Gasteiger partial charge in [-0.3, -0.25) is 14.9 Å². The zero-order chi connectivity index (χ0) is 10.8. The van der Waals surface area contributed by atoms with Crippen LogP contribution in [0.4, 0.5) is 0 Å². The van der Waals surface area contributed by atoms with Crippen LogP contribution in [0.2, 0.25) is 0 Å². The van der Waals surface area contributed by atoms with E-state index >= 15 is 0 Å². The van der Waals surface area contributed by atoms with E-state index in [0.29, 0.717) is 12.3 Å². The number of carbonyl (C=O) groups is 2. The molecule has 3 heteroatoms. The fourth-order valence-corrected chi connectivity index (χ4v) is 2.95. The monoisotopic (exact) mass is 209 g/mol. The molecule has 0 aromatic rings. The van der Waals surface area contributed by atoms with E-state index in [4.69, 9.17) is 0 Å². The van der Waals surface area contributed by atoms with Crippen molar-refractivity contribution in [2.24, 2.45) is 17.8 Å². The second-order valence-corrected chi connectivity index (χ2v) is 4.91. The molecule has 1 aliphatic heterocycles. The van der Waals surface area contributed by atoms with Gasteiger partial charge in [0.05, 0.1) is 0 Å². The van der Waals surface area contributed by atoms with Crippen LogP contribution in [0, 0.1) is 17.8 Å². The highest BCUT2D eigenvalue weighted by molar-refractivity contribution is 6.03. The Labute approximate surface area is 90.6 Å². The Morgan fingerprint density at radius 2 is 1.87 bits per heavy atom. The van der Waals surface area contributed by atoms with Gasteiger partial charge in [0.2, 0.25) is 11.8 Å². The first-order valence-electron chi connectivity index (χ1n) is 6.04. The van der Waals surface area contributed by atoms with E-state index in [1.807, 2.05) is 0 Å². The molecule has 84 valence electrons. The number of nitrogens with one attached hydrogen (secondary N) is 1. The van der Waals surface area contributed by atoms with Gasteiger partial charge in [0.1, 0.15) is 0 Å². The molecule has 1 saturated heterocycles. The van der Waals surface area contributed by atoms with Gasteiger partial charge < -0.3 is 0 Å². The Bertz CT molecular complexity index is 267. The van der Waals surface area contributed by atoms with Crippen LogP contribution in [0.1, 0.15) is 45.4 Å². The molecular formula is C12H19NO2. The van der Waals surface area contributed by atoms with E-state index in [1.54, 1.807) is 0 Å². The highest BCUT2D eigenvalue weighted by Crippen LogP contribution is 2.37. The lowest BCUT2D eigenvalue weighted by Crippen LogP contribution is -2.28. The molecule has 2 amide bonds. The Balaban J connectivity index is 1.90. The molecule has 1 N–H and O–H groups in total. The quantitative estimate of drug-likeness (QED) is 0.706. The summed E-state index contributed by atoms with van der Waals surface area (Å²) in [6.07, 6.45) is 6.41. The topological polar surface area (TPSA) is 46.2 Å². The van der Waals surface area contributed by atoms with Crippen LogP contribution in [-0.2, 0) is 9.59 Å². The third kappa shape index (κ3) is 2.21. The Morgan fingerprint density at radius 1 is 1.20 bits per heavy atom. The van der Waals surface area contributed by atoms with Gasteiger partial charge in [0, 0.05) is 12.3 Å². The van der Waals surface area contributed by atoms with Gasteiger partial charge in [0.25, 0.3) is 0 Å². The lowest BCUT2D eigenvalue weighted by Gasteiger charge is -2.30. The summed E-state index contributed by atoms with van der Waals surface area (Å²) in [4.78, 5) is 22.6. The van der Waals surface area contributed by atoms with Crippen LogP contribution < -0.4 is 5.32 Å². The standard InChI is InChI=1S/C12H19NO2/c1-2-8-3-5-9(6-4-8)10-7-11(14)13-12(10)15/h8-10H,2-7H2,1H3,(H,13,14,15). The summed E-state index contributed by atoms with van der Waals surface area (Å²) >= 11 is 0. The first-order chi connectivity index (χ1) is 7.20. The highest BCUT2D eigenvalue weighted by Gasteiger charge is 2.37. The SMILES string of the molecule is CCC1CCC(C2CC(=O)NC2=O)CC1. The van der Waals surface area contributed by atoms with Crippen molar-refractivity contribution in [3.8, 4) is 0 Å². The maximum absolute atomic E-state index is 11.5. The zero-order valence-corrected chi connectivity index (χ0v) is 9.29. The van der Waals surface area contributed by atoms with Crippen molar-refractivity contribution in [2.45, 2.75) is 45.4 Å². The van der Waals surface area contributed by atoms with Crippen molar-refractivity contribution < 1.29 is 9.59 Å². The predicted molar refractivity (Wildman–Crippen MR) is 57.0 cm³/mol. The van der Waals surface area contributed by atoms with Gasteiger partial charge in [-0.25, -0.2) is 0 Å². The third-order valence-electron chi connectivity index (χ3n) is 4.04. The number of hydrogen-bond donors (Lipinski definition) is 1. The molecule has 2 aliphatic rings. The molecule has 1 saturated carbocycles. The second kappa shape index (κ2) is 4.33. The first kappa shape index (κ1) is 10.7. The zero-order valence-electron chi connectivity index (χ0n) is 9.29. The smallest absolute Gasteiger partial charge is 0.230 e. The van der Waals surface area contributed by atoms with Crippen LogP contribution in [-0.4, -0.2) is 11.8 Å². The molecule has 0 radical (unpaired) electrons. The molecule has 2 fully saturated rings. The lowest BCUT2D eigenvalue weighted by atomic mass is 9.74. The normalized spacial score (nSPS) is 36.7. The summed E-state index contributed by atoms with van der Waals surface area (Å²) in [6.45, 7) is 2.23. The van der Waals surface area contributed by atoms with Crippen molar-refractivity contribution >= 4 is 11.8 Å². The molecule has 0 aromatic heterocycles. The molecule has 1 heterocycles. The van der Waals surface area contributed by atoms with Crippen molar-refractivity contribution in [3.63, 3.8) is 0 Å². The van der Waals surface area contributed by atoms with Gasteiger partial charge >= 0.3 is 0 Å². The lowest BCUT2D eigenvalue weighted by molar-refractivity contribution is -0.126. The number of carbonyl (C=O) groups excluding carboxylic acids is 2. The summed E-state index contributed by atoms with van der Waals surface area (Å²) in [5.41, 5.74) is 0. The van der Waals surface area contributed by atoms with Crippen molar-refractivity contribution in [1.29, 1.82) is 0 Å². The van der Waals surface area contributed by atoms with Crippen LogP contribution in [0.25, 0.3) is 0 Å². The Morgan fingerprint density at radius 3 is 2.33 bits per heavy atom. The van der Waals surface area contributed by atoms with Crippen LogP contribution in [0.15, 0.2) is 0 Å². The van der Waals surface area contributed by atoms with E-state index in [1.165, 1.54) is 19.3 Å². The average Bonchev–Trinajstić information content (AvgIpc) is 2.58. The van der Waals surface area contributed by atoms with Gasteiger partial charge in [-0.05, 0) is 24.7 Å². The van der Waals surface area contributed by atoms with E-state index in [9.17, 15) is 9.59 Å². The summed E-state index contributed by atoms with van der Waals surface area (Å²) in [5, 5.41) is 2.41. The maximum atomic E-state index is 11.5. The minimum absolute atomic E-state index is 0.0182. The molecule has 0 bridgehead atoms. The Kier molecular flexibility index (Phi) is 3.08. The third-order valence-corrected chi connectivity index (χ3v) is 4.04. The number of imide groups is 1. The molecule has 0 spiro atoms. The largest absolute Gasteiger partial charge is 0.296 e. The molecule has 3 nitrogen and oxygen atoms in total. The predicted octanol–water partition coefficient (Wildman–Crippen LogP) is 1.87. The van der Waals surface area contributed by atoms with Gasteiger partial charge in [-0.1, -0.05) is 26.2 Å². The van der Waals surface area contributed by atoms with Gasteiger partial charge in [-0.15, -0.1) is 0 Å². The maximum Gasteiger partial charge on any atom is 0.230 e. The molecule has 1 atom stereocenters. The molecule has 2 rings (SSSR count). The minimum Gasteiger partial charge on any atom is -0.296 e. The average molecular weight is 209 g/mol. The molecular weight excluding hydrogens is 190 g/mol.